The first kappa shape index (κ1) is 31.6. The van der Waals surface area contributed by atoms with Crippen LogP contribution >= 0.6 is 11.8 Å². The number of rotatable bonds is 11. The Labute approximate surface area is 249 Å². The standard InChI is InChI=1S/C34H36F3NO3S/c1-3-23-19-25(33(41)28(38)16-21-8-6-5-7-9-21)20-24(4-2)31(23)32-29(39)17-22(18-30(32)40)14-15-42-27-12-10-26(11-13-27)34(35,36)37/h5-13,19-20,22,28,39H,3-4,14-18,38H2,1-2H3/t22?,28-/m0/s1. The normalized spacial score (nSPS) is 16.5. The number of hydrogen-bond donors (Lipinski definition) is 2. The first-order valence-electron chi connectivity index (χ1n) is 14.3. The van der Waals surface area contributed by atoms with Crippen molar-refractivity contribution in [1.82, 2.24) is 0 Å². The van der Waals surface area contributed by atoms with Gasteiger partial charge in [0.05, 0.1) is 17.2 Å². The molecule has 0 amide bonds. The largest absolute Gasteiger partial charge is 0.512 e. The van der Waals surface area contributed by atoms with Crippen LogP contribution in [0, 0.1) is 5.92 Å². The number of aliphatic hydroxyl groups excluding tert-OH is 1. The number of benzene rings is 3. The Morgan fingerprint density at radius 3 is 2.17 bits per heavy atom. The molecule has 3 N–H and O–H groups in total. The third-order valence-electron chi connectivity index (χ3n) is 7.73. The van der Waals surface area contributed by atoms with E-state index in [9.17, 15) is 27.9 Å². The van der Waals surface area contributed by atoms with Crippen molar-refractivity contribution in [3.63, 3.8) is 0 Å². The van der Waals surface area contributed by atoms with Crippen LogP contribution < -0.4 is 5.73 Å². The second kappa shape index (κ2) is 13.7. The zero-order chi connectivity index (χ0) is 30.4. The molecular weight excluding hydrogens is 559 g/mol. The molecule has 3 aromatic carbocycles. The fourth-order valence-electron chi connectivity index (χ4n) is 5.51. The summed E-state index contributed by atoms with van der Waals surface area (Å²) in [5, 5.41) is 11.1. The number of thioether (sulfide) groups is 1. The highest BCUT2D eigenvalue weighted by atomic mass is 32.2. The molecule has 0 fully saturated rings. The molecule has 4 nitrogen and oxygen atoms in total. The second-order valence-electron chi connectivity index (χ2n) is 10.7. The maximum Gasteiger partial charge on any atom is 0.416 e. The summed E-state index contributed by atoms with van der Waals surface area (Å²) in [6.45, 7) is 3.92. The van der Waals surface area contributed by atoms with Gasteiger partial charge in [0.25, 0.3) is 0 Å². The predicted octanol–water partition coefficient (Wildman–Crippen LogP) is 8.01. The van der Waals surface area contributed by atoms with Gasteiger partial charge in [-0.15, -0.1) is 11.8 Å². The van der Waals surface area contributed by atoms with Gasteiger partial charge < -0.3 is 10.8 Å². The molecular formula is C34H36F3NO3S. The maximum atomic E-state index is 13.4. The summed E-state index contributed by atoms with van der Waals surface area (Å²) < 4.78 is 38.4. The van der Waals surface area contributed by atoms with Crippen molar-refractivity contribution in [2.24, 2.45) is 11.7 Å². The van der Waals surface area contributed by atoms with Crippen LogP contribution in [-0.2, 0) is 30.2 Å². The number of hydrogen-bond acceptors (Lipinski definition) is 5. The number of nitrogens with two attached hydrogens (primary N) is 1. The van der Waals surface area contributed by atoms with E-state index >= 15 is 0 Å². The average molecular weight is 596 g/mol. The Kier molecular flexibility index (Phi) is 10.3. The van der Waals surface area contributed by atoms with Crippen molar-refractivity contribution < 1.29 is 27.9 Å². The SMILES string of the molecule is CCc1cc(C(=O)[C@@H](N)Cc2ccccc2)cc(CC)c1C1=C(O)CC(CCSc2ccc(C(F)(F)F)cc2)CC1=O. The van der Waals surface area contributed by atoms with Crippen molar-refractivity contribution in [3.05, 3.63) is 106 Å². The van der Waals surface area contributed by atoms with E-state index in [0.717, 1.165) is 33.7 Å². The molecule has 0 bridgehead atoms. The molecule has 222 valence electrons. The molecule has 0 saturated heterocycles. The molecule has 8 heteroatoms. The number of carbonyl (C=O) groups excluding carboxylic acids is 2. The second-order valence-corrected chi connectivity index (χ2v) is 11.9. The quantitative estimate of drug-likeness (QED) is 0.173. The lowest BCUT2D eigenvalue weighted by molar-refractivity contribution is -0.137. The molecule has 0 spiro atoms. The highest BCUT2D eigenvalue weighted by molar-refractivity contribution is 7.99. The Balaban J connectivity index is 1.48. The van der Waals surface area contributed by atoms with Crippen LogP contribution in [0.15, 0.2) is 77.4 Å². The van der Waals surface area contributed by atoms with Crippen molar-refractivity contribution >= 4 is 28.9 Å². The minimum Gasteiger partial charge on any atom is -0.512 e. The Morgan fingerprint density at radius 2 is 1.62 bits per heavy atom. The highest BCUT2D eigenvalue weighted by Crippen LogP contribution is 2.38. The van der Waals surface area contributed by atoms with Gasteiger partial charge in [0.1, 0.15) is 5.76 Å². The first-order chi connectivity index (χ1) is 20.0. The third kappa shape index (κ3) is 7.53. The van der Waals surface area contributed by atoms with Crippen LogP contribution in [-0.4, -0.2) is 28.5 Å². The van der Waals surface area contributed by atoms with Crippen molar-refractivity contribution in [2.45, 2.75) is 69.5 Å². The van der Waals surface area contributed by atoms with Gasteiger partial charge in [-0.3, -0.25) is 9.59 Å². The van der Waals surface area contributed by atoms with Gasteiger partial charge >= 0.3 is 6.18 Å². The number of halogens is 3. The van der Waals surface area contributed by atoms with E-state index in [0.29, 0.717) is 54.6 Å². The van der Waals surface area contributed by atoms with Crippen molar-refractivity contribution in [3.8, 4) is 0 Å². The number of aliphatic hydroxyl groups is 1. The van der Waals surface area contributed by atoms with Crippen molar-refractivity contribution in [1.29, 1.82) is 0 Å². The predicted molar refractivity (Wildman–Crippen MR) is 162 cm³/mol. The van der Waals surface area contributed by atoms with Gasteiger partial charge in [-0.1, -0.05) is 44.2 Å². The number of ketones is 2. The fraction of sp³-hybridized carbons (Fsp3) is 0.353. The summed E-state index contributed by atoms with van der Waals surface area (Å²) in [7, 11) is 0. The molecule has 0 aliphatic heterocycles. The Hall–Kier alpha value is -3.36. The van der Waals surface area contributed by atoms with Gasteiger partial charge in [-0.25, -0.2) is 0 Å². The average Bonchev–Trinajstić information content (AvgIpc) is 2.96. The number of allylic oxidation sites excluding steroid dienone is 2. The molecule has 2 atom stereocenters. The van der Waals surface area contributed by atoms with Gasteiger partial charge in [0.2, 0.25) is 0 Å². The van der Waals surface area contributed by atoms with Gasteiger partial charge in [-0.05, 0) is 96.0 Å². The minimum absolute atomic E-state index is 0.0556. The van der Waals surface area contributed by atoms with E-state index in [1.165, 1.54) is 23.9 Å². The summed E-state index contributed by atoms with van der Waals surface area (Å²) in [5.74, 6) is 0.322. The lowest BCUT2D eigenvalue weighted by atomic mass is 9.79. The Bertz CT molecular complexity index is 1420. The summed E-state index contributed by atoms with van der Waals surface area (Å²) in [6, 6.07) is 17.6. The lowest BCUT2D eigenvalue weighted by Crippen LogP contribution is -2.33. The van der Waals surface area contributed by atoms with Crippen LogP contribution in [0.4, 0.5) is 13.2 Å². The van der Waals surface area contributed by atoms with Crippen molar-refractivity contribution in [2.75, 3.05) is 5.75 Å². The van der Waals surface area contributed by atoms with Gasteiger partial charge in [0.15, 0.2) is 11.6 Å². The monoisotopic (exact) mass is 595 g/mol. The molecule has 1 aliphatic carbocycles. The van der Waals surface area contributed by atoms with E-state index in [1.54, 1.807) is 0 Å². The summed E-state index contributed by atoms with van der Waals surface area (Å²) in [5.41, 5.74) is 9.83. The van der Waals surface area contributed by atoms with Crippen LogP contribution in [0.25, 0.3) is 5.57 Å². The van der Waals surface area contributed by atoms with Gasteiger partial charge in [-0.2, -0.15) is 13.2 Å². The maximum absolute atomic E-state index is 13.4. The molecule has 0 radical (unpaired) electrons. The molecule has 3 aromatic rings. The summed E-state index contributed by atoms with van der Waals surface area (Å²) in [6.07, 6.45) is -1.52. The number of Topliss-reactive ketones (excluding diaryl/α,β-unsaturated/α-hetero) is 2. The van der Waals surface area contributed by atoms with E-state index in [4.69, 9.17) is 5.73 Å². The topological polar surface area (TPSA) is 80.4 Å². The zero-order valence-electron chi connectivity index (χ0n) is 23.8. The molecule has 0 aromatic heterocycles. The number of carbonyl (C=O) groups is 2. The fourth-order valence-corrected chi connectivity index (χ4v) is 6.52. The van der Waals surface area contributed by atoms with Crippen LogP contribution in [0.1, 0.15) is 71.3 Å². The molecule has 0 heterocycles. The van der Waals surface area contributed by atoms with E-state index < -0.39 is 17.8 Å². The molecule has 1 aliphatic rings. The highest BCUT2D eigenvalue weighted by Gasteiger charge is 2.32. The Morgan fingerprint density at radius 1 is 1.00 bits per heavy atom. The number of aryl methyl sites for hydroxylation is 2. The molecule has 0 saturated carbocycles. The first-order valence-corrected chi connectivity index (χ1v) is 15.3. The van der Waals surface area contributed by atoms with E-state index in [1.807, 2.05) is 56.3 Å². The summed E-state index contributed by atoms with van der Waals surface area (Å²) in [4.78, 5) is 27.5. The summed E-state index contributed by atoms with van der Waals surface area (Å²) >= 11 is 1.43. The lowest BCUT2D eigenvalue weighted by Gasteiger charge is -2.26. The third-order valence-corrected chi connectivity index (χ3v) is 8.78. The van der Waals surface area contributed by atoms with Gasteiger partial charge in [0, 0.05) is 23.3 Å². The van der Waals surface area contributed by atoms with E-state index in [2.05, 4.69) is 0 Å². The van der Waals surface area contributed by atoms with Crippen LogP contribution in [0.2, 0.25) is 0 Å². The van der Waals surface area contributed by atoms with Crippen LogP contribution in [0.3, 0.4) is 0 Å². The molecule has 42 heavy (non-hydrogen) atoms. The molecule has 1 unspecified atom stereocenters. The van der Waals surface area contributed by atoms with E-state index in [-0.39, 0.29) is 29.7 Å². The number of alkyl halides is 3. The molecule has 4 rings (SSSR count). The zero-order valence-corrected chi connectivity index (χ0v) is 24.7. The van der Waals surface area contributed by atoms with Crippen LogP contribution in [0.5, 0.6) is 0 Å². The smallest absolute Gasteiger partial charge is 0.416 e. The minimum atomic E-state index is -4.37.